The van der Waals surface area contributed by atoms with Crippen LogP contribution in [0.5, 0.6) is 0 Å². The van der Waals surface area contributed by atoms with Crippen LogP contribution in [0, 0.1) is 0 Å². The van der Waals surface area contributed by atoms with E-state index in [4.69, 9.17) is 15.2 Å². The highest BCUT2D eigenvalue weighted by atomic mass is 32.2. The number of nitrogens with one attached hydrogen (secondary N) is 2. The van der Waals surface area contributed by atoms with Gasteiger partial charge in [0.2, 0.25) is 0 Å². The number of aromatic nitrogens is 2. The van der Waals surface area contributed by atoms with Crippen molar-refractivity contribution in [2.45, 2.75) is 32.0 Å². The fraction of sp³-hybridized carbons (Fsp3) is 0.467. The lowest BCUT2D eigenvalue weighted by molar-refractivity contribution is -0.151. The fourth-order valence-corrected chi connectivity index (χ4v) is 2.25. The Bertz CT molecular complexity index is 714. The lowest BCUT2D eigenvalue weighted by atomic mass is 10.3. The minimum absolute atomic E-state index is 0.0272. The number of carbonyl (C=O) groups excluding carboxylic acids is 4. The molecular weight excluding hydrogens is 378 g/mol. The average Bonchev–Trinajstić information content (AvgIpc) is 2.60. The number of amides is 3. The van der Waals surface area contributed by atoms with Crippen molar-refractivity contribution < 1.29 is 28.7 Å². The van der Waals surface area contributed by atoms with Gasteiger partial charge in [-0.3, -0.25) is 14.9 Å². The van der Waals surface area contributed by atoms with Gasteiger partial charge in [0.15, 0.2) is 11.3 Å². The molecule has 0 saturated carbocycles. The van der Waals surface area contributed by atoms with Crippen molar-refractivity contribution in [3.05, 3.63) is 11.8 Å². The number of nitrogens with two attached hydrogens (primary N) is 1. The van der Waals surface area contributed by atoms with Gasteiger partial charge in [-0.2, -0.15) is 0 Å². The molecular formula is C15H21N5O6S. The summed E-state index contributed by atoms with van der Waals surface area (Å²) in [7, 11) is 0. The summed E-state index contributed by atoms with van der Waals surface area (Å²) in [5.41, 5.74) is 5.71. The minimum atomic E-state index is -1.15. The molecule has 4 N–H and O–H groups in total. The number of imide groups is 1. The van der Waals surface area contributed by atoms with Crippen LogP contribution in [0.2, 0.25) is 0 Å². The molecule has 0 spiro atoms. The predicted molar refractivity (Wildman–Crippen MR) is 95.9 cm³/mol. The van der Waals surface area contributed by atoms with Crippen LogP contribution < -0.4 is 16.4 Å². The normalized spacial score (nSPS) is 11.2. The Morgan fingerprint density at radius 1 is 1.30 bits per heavy atom. The van der Waals surface area contributed by atoms with Crippen LogP contribution in [0.15, 0.2) is 11.4 Å². The topological polar surface area (TPSA) is 163 Å². The van der Waals surface area contributed by atoms with E-state index in [-0.39, 0.29) is 28.9 Å². The Balaban J connectivity index is 2.52. The largest absolute Gasteiger partial charge is 0.462 e. The van der Waals surface area contributed by atoms with Gasteiger partial charge in [0.25, 0.3) is 5.91 Å². The minimum Gasteiger partial charge on any atom is -0.462 e. The van der Waals surface area contributed by atoms with E-state index in [0.717, 1.165) is 11.8 Å². The van der Waals surface area contributed by atoms with Gasteiger partial charge in [-0.1, -0.05) is 11.8 Å². The summed E-state index contributed by atoms with van der Waals surface area (Å²) >= 11 is 0.912. The van der Waals surface area contributed by atoms with Crippen LogP contribution in [0.3, 0.4) is 0 Å². The first-order valence-electron chi connectivity index (χ1n) is 7.99. The summed E-state index contributed by atoms with van der Waals surface area (Å²) in [5.74, 6) is -2.38. The first-order chi connectivity index (χ1) is 12.8. The number of hydrogen-bond acceptors (Lipinski definition) is 10. The third-order valence-corrected chi connectivity index (χ3v) is 3.70. The smallest absolute Gasteiger partial charge is 0.343 e. The molecule has 1 aromatic heterocycles. The zero-order valence-corrected chi connectivity index (χ0v) is 15.9. The van der Waals surface area contributed by atoms with E-state index < -0.39 is 30.0 Å². The number of nitrogen functional groups attached to an aromatic ring is 1. The second-order valence-corrected chi connectivity index (χ2v) is 5.88. The zero-order chi connectivity index (χ0) is 20.4. The number of ether oxygens (including phenoxy) is 2. The first-order valence-corrected chi connectivity index (χ1v) is 8.97. The van der Waals surface area contributed by atoms with Crippen LogP contribution in [0.4, 0.5) is 10.6 Å². The number of hydrogen-bond donors (Lipinski definition) is 3. The Hall–Kier alpha value is -2.89. The van der Waals surface area contributed by atoms with Crippen molar-refractivity contribution in [2.75, 3.05) is 24.6 Å². The molecule has 0 bridgehead atoms. The zero-order valence-electron chi connectivity index (χ0n) is 15.1. The van der Waals surface area contributed by atoms with Crippen LogP contribution in [0.1, 0.15) is 31.1 Å². The second kappa shape index (κ2) is 11.0. The quantitative estimate of drug-likeness (QED) is 0.310. The lowest BCUT2D eigenvalue weighted by Crippen LogP contribution is -2.44. The van der Waals surface area contributed by atoms with Crippen LogP contribution in [0.25, 0.3) is 0 Å². The Morgan fingerprint density at radius 3 is 2.59 bits per heavy atom. The summed E-state index contributed by atoms with van der Waals surface area (Å²) in [6.07, 6.45) is 0.0500. The molecule has 0 aromatic carbocycles. The highest BCUT2D eigenvalue weighted by Crippen LogP contribution is 2.17. The predicted octanol–water partition coefficient (Wildman–Crippen LogP) is 0.105. The highest BCUT2D eigenvalue weighted by Gasteiger charge is 2.20. The molecule has 148 valence electrons. The summed E-state index contributed by atoms with van der Waals surface area (Å²) in [6, 6.07) is -0.676. The lowest BCUT2D eigenvalue weighted by Gasteiger charge is -2.12. The molecule has 3 amide bonds. The van der Waals surface area contributed by atoms with Crippen molar-refractivity contribution in [2.24, 2.45) is 0 Å². The van der Waals surface area contributed by atoms with E-state index >= 15 is 0 Å². The number of nitrogens with zero attached hydrogens (tertiary/aromatic N) is 2. The van der Waals surface area contributed by atoms with E-state index in [9.17, 15) is 19.2 Å². The van der Waals surface area contributed by atoms with Crippen LogP contribution in [-0.4, -0.2) is 58.9 Å². The number of anilines is 1. The molecule has 27 heavy (non-hydrogen) atoms. The molecule has 1 rings (SSSR count). The van der Waals surface area contributed by atoms with Gasteiger partial charge >= 0.3 is 18.0 Å². The number of thioether (sulfide) groups is 1. The van der Waals surface area contributed by atoms with Crippen LogP contribution in [-0.2, 0) is 19.1 Å². The van der Waals surface area contributed by atoms with Gasteiger partial charge < -0.3 is 20.5 Å². The monoisotopic (exact) mass is 399 g/mol. The van der Waals surface area contributed by atoms with E-state index in [2.05, 4.69) is 15.3 Å². The Kier molecular flexibility index (Phi) is 8.99. The summed E-state index contributed by atoms with van der Waals surface area (Å²) < 4.78 is 9.73. The highest BCUT2D eigenvalue weighted by molar-refractivity contribution is 7.99. The maximum atomic E-state index is 11.8. The molecule has 0 unspecified atom stereocenters. The summed E-state index contributed by atoms with van der Waals surface area (Å²) in [5, 5.41) is 4.57. The molecule has 1 aromatic rings. The summed E-state index contributed by atoms with van der Waals surface area (Å²) in [6.45, 7) is 5.22. The molecule has 0 radical (unpaired) electrons. The molecule has 0 aliphatic rings. The van der Waals surface area contributed by atoms with E-state index in [0.29, 0.717) is 6.54 Å². The molecule has 12 heteroatoms. The van der Waals surface area contributed by atoms with Crippen molar-refractivity contribution in [1.29, 1.82) is 0 Å². The second-order valence-electron chi connectivity index (χ2n) is 4.94. The molecule has 0 aliphatic carbocycles. The summed E-state index contributed by atoms with van der Waals surface area (Å²) in [4.78, 5) is 54.2. The number of carbonyl (C=O) groups is 4. The van der Waals surface area contributed by atoms with Crippen molar-refractivity contribution >= 4 is 41.5 Å². The maximum Gasteiger partial charge on any atom is 0.343 e. The fourth-order valence-electron chi connectivity index (χ4n) is 1.64. The third-order valence-electron chi connectivity index (χ3n) is 2.86. The van der Waals surface area contributed by atoms with E-state index in [1.165, 1.54) is 13.1 Å². The van der Waals surface area contributed by atoms with Crippen molar-refractivity contribution in [3.63, 3.8) is 0 Å². The number of rotatable bonds is 8. The molecule has 0 aliphatic heterocycles. The van der Waals surface area contributed by atoms with Gasteiger partial charge in [-0.05, 0) is 20.8 Å². The van der Waals surface area contributed by atoms with Crippen molar-refractivity contribution in [1.82, 2.24) is 20.6 Å². The van der Waals surface area contributed by atoms with E-state index in [1.54, 1.807) is 13.8 Å². The Labute approximate surface area is 159 Å². The van der Waals surface area contributed by atoms with Gasteiger partial charge in [-0.15, -0.1) is 0 Å². The third kappa shape index (κ3) is 7.48. The molecule has 1 heterocycles. The molecule has 11 nitrogen and oxygen atoms in total. The van der Waals surface area contributed by atoms with Gasteiger partial charge in [0.1, 0.15) is 11.4 Å². The van der Waals surface area contributed by atoms with Gasteiger partial charge in [0, 0.05) is 12.7 Å². The average molecular weight is 399 g/mol. The molecule has 0 fully saturated rings. The number of urea groups is 1. The SMILES string of the molecule is CCNC(=O)NC(=O)[C@@H](C)OC(=O)CSc1ncc(C(=O)OCC)c(N)n1. The molecule has 0 saturated heterocycles. The number of esters is 2. The standard InChI is InChI=1S/C15H21N5O6S/c1-4-17-14(24)20-12(22)8(3)26-10(21)7-27-15-18-6-9(11(16)19-15)13(23)25-5-2/h6,8H,4-5,7H2,1-3H3,(H2,16,18,19)(H2,17,20,22,24)/t8-/m1/s1. The van der Waals surface area contributed by atoms with Crippen LogP contribution >= 0.6 is 11.8 Å². The van der Waals surface area contributed by atoms with E-state index in [1.807, 2.05) is 5.32 Å². The Morgan fingerprint density at radius 2 is 2.00 bits per heavy atom. The molecule has 1 atom stereocenters. The van der Waals surface area contributed by atoms with Gasteiger partial charge in [0.05, 0.1) is 12.4 Å². The van der Waals surface area contributed by atoms with Crippen molar-refractivity contribution in [3.8, 4) is 0 Å². The van der Waals surface area contributed by atoms with Gasteiger partial charge in [-0.25, -0.2) is 19.6 Å². The maximum absolute atomic E-state index is 11.8. The first kappa shape index (κ1) is 22.2.